The summed E-state index contributed by atoms with van der Waals surface area (Å²) in [6.45, 7) is 10.9. The largest absolute Gasteiger partial charge is 0.340 e. The van der Waals surface area contributed by atoms with Crippen LogP contribution in [0.5, 0.6) is 0 Å². The van der Waals surface area contributed by atoms with Crippen LogP contribution in [0.3, 0.4) is 0 Å². The van der Waals surface area contributed by atoms with Crippen LogP contribution in [0.2, 0.25) is 0 Å². The zero-order chi connectivity index (χ0) is 20.3. The first-order chi connectivity index (χ1) is 13.4. The standard InChI is InChI=1S/C21H28N4O2S/c1-5-25-11-10-16-17(12-25)28-21(22-16)24-20(27)18(13(2)3)23-19(26)15-8-6-14(4)7-9-15/h6-9,13,18H,5,10-12H2,1-4H3,(H,23,26)(H,22,24,27). The first kappa shape index (κ1) is 20.5. The van der Waals surface area contributed by atoms with Crippen molar-refractivity contribution in [1.82, 2.24) is 15.2 Å². The van der Waals surface area contributed by atoms with Crippen LogP contribution < -0.4 is 10.6 Å². The Labute approximate surface area is 170 Å². The van der Waals surface area contributed by atoms with Crippen LogP contribution in [0.25, 0.3) is 0 Å². The lowest BCUT2D eigenvalue weighted by atomic mass is 10.0. The molecule has 1 aliphatic heterocycles. The monoisotopic (exact) mass is 400 g/mol. The third kappa shape index (κ3) is 4.77. The number of fused-ring (bicyclic) bond motifs is 1. The predicted octanol–water partition coefficient (Wildman–Crippen LogP) is 3.22. The number of nitrogens with one attached hydrogen (secondary N) is 2. The smallest absolute Gasteiger partial charge is 0.251 e. The van der Waals surface area contributed by atoms with E-state index in [2.05, 4.69) is 27.4 Å². The fraction of sp³-hybridized carbons (Fsp3) is 0.476. The van der Waals surface area contributed by atoms with Crippen LogP contribution in [0.4, 0.5) is 5.13 Å². The van der Waals surface area contributed by atoms with Crippen LogP contribution in [0.1, 0.15) is 47.3 Å². The number of benzene rings is 1. The van der Waals surface area contributed by atoms with E-state index in [1.165, 1.54) is 16.2 Å². The van der Waals surface area contributed by atoms with E-state index >= 15 is 0 Å². The first-order valence-electron chi connectivity index (χ1n) is 9.76. The van der Waals surface area contributed by atoms with Crippen molar-refractivity contribution >= 4 is 28.3 Å². The molecule has 2 N–H and O–H groups in total. The topological polar surface area (TPSA) is 74.3 Å². The average molecular weight is 401 g/mol. The Balaban J connectivity index is 1.67. The Bertz CT molecular complexity index is 845. The molecule has 1 aromatic carbocycles. The second-order valence-electron chi connectivity index (χ2n) is 7.56. The van der Waals surface area contributed by atoms with Gasteiger partial charge in [-0.2, -0.15) is 0 Å². The number of rotatable bonds is 6. The molecule has 0 fully saturated rings. The highest BCUT2D eigenvalue weighted by atomic mass is 32.1. The maximum absolute atomic E-state index is 12.8. The van der Waals surface area contributed by atoms with Crippen molar-refractivity contribution in [3.63, 3.8) is 0 Å². The van der Waals surface area contributed by atoms with Gasteiger partial charge < -0.3 is 10.6 Å². The lowest BCUT2D eigenvalue weighted by Crippen LogP contribution is -2.47. The highest BCUT2D eigenvalue weighted by molar-refractivity contribution is 7.15. The van der Waals surface area contributed by atoms with Crippen LogP contribution in [0.15, 0.2) is 24.3 Å². The molecule has 3 rings (SSSR count). The van der Waals surface area contributed by atoms with Gasteiger partial charge >= 0.3 is 0 Å². The molecular weight excluding hydrogens is 372 g/mol. The zero-order valence-corrected chi connectivity index (χ0v) is 17.7. The number of thiazole rings is 1. The molecule has 2 aromatic rings. The van der Waals surface area contributed by atoms with Gasteiger partial charge in [0, 0.05) is 30.0 Å². The van der Waals surface area contributed by atoms with E-state index in [0.717, 1.165) is 37.3 Å². The maximum Gasteiger partial charge on any atom is 0.251 e. The van der Waals surface area contributed by atoms with Crippen molar-refractivity contribution in [1.29, 1.82) is 0 Å². The van der Waals surface area contributed by atoms with Crippen molar-refractivity contribution in [2.75, 3.05) is 18.4 Å². The Kier molecular flexibility index (Phi) is 6.46. The maximum atomic E-state index is 12.8. The van der Waals surface area contributed by atoms with Crippen molar-refractivity contribution in [2.45, 2.75) is 46.7 Å². The number of carbonyl (C=O) groups is 2. The van der Waals surface area contributed by atoms with E-state index in [4.69, 9.17) is 0 Å². The third-order valence-corrected chi connectivity index (χ3v) is 6.03. The number of carbonyl (C=O) groups excluding carboxylic acids is 2. The first-order valence-corrected chi connectivity index (χ1v) is 10.6. The summed E-state index contributed by atoms with van der Waals surface area (Å²) in [5.41, 5.74) is 2.72. The van der Waals surface area contributed by atoms with E-state index in [9.17, 15) is 9.59 Å². The highest BCUT2D eigenvalue weighted by Crippen LogP contribution is 2.28. The van der Waals surface area contributed by atoms with Crippen molar-refractivity contribution in [2.24, 2.45) is 5.92 Å². The number of aromatic nitrogens is 1. The molecule has 150 valence electrons. The Hall–Kier alpha value is -2.25. The highest BCUT2D eigenvalue weighted by Gasteiger charge is 2.27. The number of nitrogens with zero attached hydrogens (tertiary/aromatic N) is 2. The molecule has 0 bridgehead atoms. The summed E-state index contributed by atoms with van der Waals surface area (Å²) in [5.74, 6) is -0.514. The summed E-state index contributed by atoms with van der Waals surface area (Å²) < 4.78 is 0. The van der Waals surface area contributed by atoms with Gasteiger partial charge in [0.15, 0.2) is 5.13 Å². The Morgan fingerprint density at radius 1 is 1.25 bits per heavy atom. The van der Waals surface area contributed by atoms with E-state index in [0.29, 0.717) is 10.7 Å². The molecule has 2 amide bonds. The summed E-state index contributed by atoms with van der Waals surface area (Å²) in [4.78, 5) is 33.6. The Morgan fingerprint density at radius 3 is 2.61 bits per heavy atom. The van der Waals surface area contributed by atoms with Gasteiger partial charge in [-0.25, -0.2) is 4.98 Å². The van der Waals surface area contributed by atoms with E-state index in [1.54, 1.807) is 12.1 Å². The summed E-state index contributed by atoms with van der Waals surface area (Å²) in [6, 6.07) is 6.70. The normalized spacial score (nSPS) is 15.2. The summed E-state index contributed by atoms with van der Waals surface area (Å²) in [7, 11) is 0. The number of likely N-dealkylation sites (N-methyl/N-ethyl adjacent to an activating group) is 1. The minimum atomic E-state index is -0.623. The molecule has 0 radical (unpaired) electrons. The van der Waals surface area contributed by atoms with Gasteiger partial charge in [0.25, 0.3) is 5.91 Å². The summed E-state index contributed by atoms with van der Waals surface area (Å²) >= 11 is 1.53. The molecular formula is C21H28N4O2S. The van der Waals surface area contributed by atoms with E-state index in [-0.39, 0.29) is 17.7 Å². The van der Waals surface area contributed by atoms with Crippen molar-refractivity contribution in [3.8, 4) is 0 Å². The van der Waals surface area contributed by atoms with Crippen LogP contribution in [-0.2, 0) is 17.8 Å². The molecule has 7 heteroatoms. The fourth-order valence-corrected chi connectivity index (χ4v) is 4.27. The summed E-state index contributed by atoms with van der Waals surface area (Å²) in [6.07, 6.45) is 0.910. The third-order valence-electron chi connectivity index (χ3n) is 5.04. The van der Waals surface area contributed by atoms with Gasteiger partial charge in [0.2, 0.25) is 5.91 Å². The van der Waals surface area contributed by atoms with Crippen LogP contribution >= 0.6 is 11.3 Å². The molecule has 1 aromatic heterocycles. The molecule has 6 nitrogen and oxygen atoms in total. The molecule has 28 heavy (non-hydrogen) atoms. The molecule has 0 saturated heterocycles. The lowest BCUT2D eigenvalue weighted by Gasteiger charge is -2.23. The van der Waals surface area contributed by atoms with Gasteiger partial charge in [-0.3, -0.25) is 14.5 Å². The summed E-state index contributed by atoms with van der Waals surface area (Å²) in [5, 5.41) is 6.40. The fourth-order valence-electron chi connectivity index (χ4n) is 3.22. The molecule has 2 heterocycles. The number of hydrogen-bond donors (Lipinski definition) is 2. The van der Waals surface area contributed by atoms with Gasteiger partial charge in [0.1, 0.15) is 6.04 Å². The molecule has 1 atom stereocenters. The second kappa shape index (κ2) is 8.84. The van der Waals surface area contributed by atoms with Crippen LogP contribution in [0, 0.1) is 12.8 Å². The van der Waals surface area contributed by atoms with Gasteiger partial charge in [-0.1, -0.05) is 38.5 Å². The molecule has 0 saturated carbocycles. The van der Waals surface area contributed by atoms with E-state index < -0.39 is 6.04 Å². The molecule has 0 spiro atoms. The Morgan fingerprint density at radius 2 is 1.96 bits per heavy atom. The number of anilines is 1. The quantitative estimate of drug-likeness (QED) is 0.781. The van der Waals surface area contributed by atoms with Crippen molar-refractivity contribution < 1.29 is 9.59 Å². The lowest BCUT2D eigenvalue weighted by molar-refractivity contribution is -0.118. The molecule has 1 aliphatic rings. The number of aryl methyl sites for hydroxylation is 1. The minimum absolute atomic E-state index is 0.0421. The SMILES string of the molecule is CCN1CCc2nc(NC(=O)C(NC(=O)c3ccc(C)cc3)C(C)C)sc2C1. The van der Waals surface area contributed by atoms with Crippen LogP contribution in [-0.4, -0.2) is 40.8 Å². The number of amides is 2. The second-order valence-corrected chi connectivity index (χ2v) is 8.64. The predicted molar refractivity (Wildman–Crippen MR) is 113 cm³/mol. The van der Waals surface area contributed by atoms with Crippen molar-refractivity contribution in [3.05, 3.63) is 46.0 Å². The zero-order valence-electron chi connectivity index (χ0n) is 16.9. The number of hydrogen-bond acceptors (Lipinski definition) is 5. The minimum Gasteiger partial charge on any atom is -0.340 e. The van der Waals surface area contributed by atoms with Gasteiger partial charge in [-0.05, 0) is 31.5 Å². The van der Waals surface area contributed by atoms with Gasteiger partial charge in [-0.15, -0.1) is 11.3 Å². The molecule has 1 unspecified atom stereocenters. The van der Waals surface area contributed by atoms with E-state index in [1.807, 2.05) is 32.9 Å². The molecule has 0 aliphatic carbocycles. The van der Waals surface area contributed by atoms with Gasteiger partial charge in [0.05, 0.1) is 5.69 Å². The average Bonchev–Trinajstić information content (AvgIpc) is 3.07.